The Kier molecular flexibility index (Phi) is 5.90. The second-order valence-corrected chi connectivity index (χ2v) is 7.78. The highest BCUT2D eigenvalue weighted by molar-refractivity contribution is 7.21. The van der Waals surface area contributed by atoms with Crippen LogP contribution in [0, 0.1) is 0 Å². The van der Waals surface area contributed by atoms with Crippen molar-refractivity contribution in [2.75, 3.05) is 20.1 Å². The lowest BCUT2D eigenvalue weighted by molar-refractivity contribution is 0.0965. The van der Waals surface area contributed by atoms with Gasteiger partial charge in [-0.3, -0.25) is 4.79 Å². The van der Waals surface area contributed by atoms with E-state index < -0.39 is 0 Å². The summed E-state index contributed by atoms with van der Waals surface area (Å²) in [5, 5.41) is 4.09. The highest BCUT2D eigenvalue weighted by atomic mass is 32.1. The Morgan fingerprint density at radius 1 is 1.29 bits per heavy atom. The summed E-state index contributed by atoms with van der Waals surface area (Å²) < 4.78 is 1.22. The number of benzene rings is 1. The van der Waals surface area contributed by atoms with E-state index in [-0.39, 0.29) is 5.91 Å². The van der Waals surface area contributed by atoms with E-state index in [0.717, 1.165) is 11.3 Å². The van der Waals surface area contributed by atoms with E-state index in [9.17, 15) is 4.79 Å². The third-order valence-electron chi connectivity index (χ3n) is 5.08. The average molecular weight is 345 g/mol. The minimum absolute atomic E-state index is 0.0573. The predicted octanol–water partition coefficient (Wildman–Crippen LogP) is 4.46. The van der Waals surface area contributed by atoms with Gasteiger partial charge in [0.05, 0.1) is 4.88 Å². The molecule has 2 heterocycles. The quantitative estimate of drug-likeness (QED) is 0.868. The van der Waals surface area contributed by atoms with Gasteiger partial charge in [0.15, 0.2) is 0 Å². The lowest BCUT2D eigenvalue weighted by Crippen LogP contribution is -2.37. The second kappa shape index (κ2) is 8.13. The molecule has 1 atom stereocenters. The summed E-state index contributed by atoms with van der Waals surface area (Å²) >= 11 is 1.63. The molecule has 1 aliphatic heterocycles. The summed E-state index contributed by atoms with van der Waals surface area (Å²) in [7, 11) is 1.73. The van der Waals surface area contributed by atoms with E-state index >= 15 is 0 Å². The molecule has 3 nitrogen and oxygen atoms in total. The molecule has 0 bridgehead atoms. The zero-order valence-corrected chi connectivity index (χ0v) is 15.6. The number of nitrogens with zero attached hydrogens (tertiary/aromatic N) is 1. The largest absolute Gasteiger partial charge is 0.354 e. The maximum atomic E-state index is 12.4. The van der Waals surface area contributed by atoms with Crippen LogP contribution >= 0.6 is 11.3 Å². The van der Waals surface area contributed by atoms with Gasteiger partial charge in [-0.05, 0) is 55.8 Å². The van der Waals surface area contributed by atoms with Gasteiger partial charge in [-0.2, -0.15) is 0 Å². The van der Waals surface area contributed by atoms with Crippen LogP contribution in [-0.2, 0) is 6.42 Å². The Labute approximate surface area is 149 Å². The van der Waals surface area contributed by atoms with E-state index in [2.05, 4.69) is 41.4 Å². The Morgan fingerprint density at radius 2 is 2.12 bits per heavy atom. The Balaban J connectivity index is 1.96. The molecule has 1 saturated heterocycles. The Hall–Kier alpha value is -1.39. The number of carbonyl (C=O) groups is 1. The van der Waals surface area contributed by atoms with Gasteiger partial charge in [-0.1, -0.05) is 38.0 Å². The summed E-state index contributed by atoms with van der Waals surface area (Å²) in [6.45, 7) is 4.63. The number of amides is 1. The molecule has 0 radical (unpaired) electrons. The molecular formula is C20H28N2OS. The van der Waals surface area contributed by atoms with E-state index in [1.807, 2.05) is 0 Å². The van der Waals surface area contributed by atoms with Crippen LogP contribution in [0.5, 0.6) is 0 Å². The van der Waals surface area contributed by atoms with Gasteiger partial charge in [-0.25, -0.2) is 0 Å². The number of likely N-dealkylation sites (tertiary alicyclic amines) is 1. The number of carbonyl (C=O) groups excluding carboxylic acids is 1. The molecule has 24 heavy (non-hydrogen) atoms. The van der Waals surface area contributed by atoms with Crippen molar-refractivity contribution in [1.82, 2.24) is 10.2 Å². The molecule has 1 fully saturated rings. The van der Waals surface area contributed by atoms with Crippen molar-refractivity contribution in [3.05, 3.63) is 34.7 Å². The van der Waals surface area contributed by atoms with Gasteiger partial charge in [0.2, 0.25) is 0 Å². The first-order valence-corrected chi connectivity index (χ1v) is 10.0. The molecule has 1 N–H and O–H groups in total. The van der Waals surface area contributed by atoms with E-state index in [0.29, 0.717) is 6.04 Å². The second-order valence-electron chi connectivity index (χ2n) is 6.73. The maximum absolute atomic E-state index is 12.4. The van der Waals surface area contributed by atoms with Crippen molar-refractivity contribution in [3.8, 4) is 0 Å². The lowest BCUT2D eigenvalue weighted by atomic mass is 9.98. The molecule has 1 aromatic heterocycles. The van der Waals surface area contributed by atoms with E-state index in [4.69, 9.17) is 0 Å². The molecule has 1 aliphatic rings. The van der Waals surface area contributed by atoms with Crippen molar-refractivity contribution in [1.29, 1.82) is 0 Å². The smallest absolute Gasteiger partial charge is 0.261 e. The van der Waals surface area contributed by atoms with Crippen molar-refractivity contribution in [2.45, 2.75) is 51.5 Å². The van der Waals surface area contributed by atoms with Crippen molar-refractivity contribution in [2.24, 2.45) is 0 Å². The van der Waals surface area contributed by atoms with Gasteiger partial charge in [-0.15, -0.1) is 11.3 Å². The molecule has 3 rings (SSSR count). The SMILES string of the molecule is CCCN1CCCCCC1Cc1c(C(=O)NC)sc2ccccc12. The number of hydrogen-bond donors (Lipinski definition) is 1. The van der Waals surface area contributed by atoms with Crippen LogP contribution in [0.3, 0.4) is 0 Å². The molecular weight excluding hydrogens is 316 g/mol. The Morgan fingerprint density at radius 3 is 2.92 bits per heavy atom. The first-order valence-electron chi connectivity index (χ1n) is 9.21. The summed E-state index contributed by atoms with van der Waals surface area (Å²) in [5.74, 6) is 0.0573. The standard InChI is InChI=1S/C20H28N2OS/c1-3-12-22-13-8-4-5-9-15(22)14-17-16-10-6-7-11-18(16)24-19(17)20(23)21-2/h6-7,10-11,15H,3-5,8-9,12-14H2,1-2H3,(H,21,23). The maximum Gasteiger partial charge on any atom is 0.261 e. The van der Waals surface area contributed by atoms with Crippen molar-refractivity contribution in [3.63, 3.8) is 0 Å². The Bertz CT molecular complexity index is 694. The van der Waals surface area contributed by atoms with Crippen LogP contribution in [0.25, 0.3) is 10.1 Å². The fourth-order valence-electron chi connectivity index (χ4n) is 3.88. The molecule has 0 spiro atoms. The van der Waals surface area contributed by atoms with E-state index in [1.165, 1.54) is 60.8 Å². The van der Waals surface area contributed by atoms with Gasteiger partial charge in [0.25, 0.3) is 5.91 Å². The summed E-state index contributed by atoms with van der Waals surface area (Å²) in [6, 6.07) is 9.02. The average Bonchev–Trinajstić information content (AvgIpc) is 2.82. The number of fused-ring (bicyclic) bond motifs is 1. The monoisotopic (exact) mass is 344 g/mol. The van der Waals surface area contributed by atoms with Crippen LogP contribution in [0.1, 0.15) is 54.3 Å². The van der Waals surface area contributed by atoms with Gasteiger partial charge < -0.3 is 10.2 Å². The van der Waals surface area contributed by atoms with Crippen molar-refractivity contribution < 1.29 is 4.79 Å². The van der Waals surface area contributed by atoms with Crippen LogP contribution in [0.4, 0.5) is 0 Å². The third kappa shape index (κ3) is 3.65. The molecule has 0 aliphatic carbocycles. The summed E-state index contributed by atoms with van der Waals surface area (Å²) in [6.07, 6.45) is 7.39. The highest BCUT2D eigenvalue weighted by Gasteiger charge is 2.25. The van der Waals surface area contributed by atoms with Crippen LogP contribution in [0.15, 0.2) is 24.3 Å². The molecule has 2 aromatic rings. The molecule has 0 saturated carbocycles. The number of rotatable bonds is 5. The molecule has 1 aromatic carbocycles. The summed E-state index contributed by atoms with van der Waals surface area (Å²) in [5.41, 5.74) is 1.25. The third-order valence-corrected chi connectivity index (χ3v) is 6.29. The number of nitrogens with one attached hydrogen (secondary N) is 1. The minimum atomic E-state index is 0.0573. The van der Waals surface area contributed by atoms with Crippen LogP contribution < -0.4 is 5.32 Å². The normalized spacial score (nSPS) is 19.3. The van der Waals surface area contributed by atoms with Crippen LogP contribution in [-0.4, -0.2) is 37.0 Å². The topological polar surface area (TPSA) is 32.3 Å². The molecule has 130 valence electrons. The van der Waals surface area contributed by atoms with Gasteiger partial charge in [0, 0.05) is 17.8 Å². The fraction of sp³-hybridized carbons (Fsp3) is 0.550. The molecule has 4 heteroatoms. The number of hydrogen-bond acceptors (Lipinski definition) is 3. The fourth-order valence-corrected chi connectivity index (χ4v) is 5.06. The number of thiophene rings is 1. The van der Waals surface area contributed by atoms with Crippen LogP contribution in [0.2, 0.25) is 0 Å². The van der Waals surface area contributed by atoms with E-state index in [1.54, 1.807) is 18.4 Å². The first-order chi connectivity index (χ1) is 11.7. The van der Waals surface area contributed by atoms with Gasteiger partial charge in [0.1, 0.15) is 0 Å². The zero-order valence-electron chi connectivity index (χ0n) is 14.8. The molecule has 1 unspecified atom stereocenters. The van der Waals surface area contributed by atoms with Crippen molar-refractivity contribution >= 4 is 27.3 Å². The molecule has 1 amide bonds. The predicted molar refractivity (Wildman–Crippen MR) is 103 cm³/mol. The lowest BCUT2D eigenvalue weighted by Gasteiger charge is -2.30. The van der Waals surface area contributed by atoms with Gasteiger partial charge >= 0.3 is 0 Å². The zero-order chi connectivity index (χ0) is 16.9. The highest BCUT2D eigenvalue weighted by Crippen LogP contribution is 2.34. The first kappa shape index (κ1) is 17.4. The minimum Gasteiger partial charge on any atom is -0.354 e. The summed E-state index contributed by atoms with van der Waals surface area (Å²) in [4.78, 5) is 16.0.